The predicted molar refractivity (Wildman–Crippen MR) is 65.1 cm³/mol. The zero-order chi connectivity index (χ0) is 11.1. The number of hydrogen-bond acceptors (Lipinski definition) is 3. The molecule has 1 aliphatic rings. The summed E-state index contributed by atoms with van der Waals surface area (Å²) in [5, 5.41) is 3.31. The summed E-state index contributed by atoms with van der Waals surface area (Å²) < 4.78 is 0. The molecule has 0 radical (unpaired) electrons. The van der Waals surface area contributed by atoms with Crippen molar-refractivity contribution in [2.75, 3.05) is 0 Å². The van der Waals surface area contributed by atoms with Gasteiger partial charge in [-0.2, -0.15) is 0 Å². The Labute approximate surface area is 95.9 Å². The molecule has 1 heterocycles. The fourth-order valence-corrected chi connectivity index (χ4v) is 3.44. The average molecular weight is 224 g/mol. The third-order valence-corrected chi connectivity index (χ3v) is 4.42. The number of thiazole rings is 1. The fraction of sp³-hybridized carbons (Fsp3) is 0.750. The standard InChI is InChI=1S/C12H20N2S/c1-8(2)10-7-15-11(14-10)12(13)5-4-9(3)6-12/h7-9H,4-6,13H2,1-3H3. The molecule has 1 aromatic heterocycles. The summed E-state index contributed by atoms with van der Waals surface area (Å²) in [5.74, 6) is 1.26. The van der Waals surface area contributed by atoms with E-state index >= 15 is 0 Å². The van der Waals surface area contributed by atoms with Gasteiger partial charge >= 0.3 is 0 Å². The summed E-state index contributed by atoms with van der Waals surface area (Å²) in [6, 6.07) is 0. The van der Waals surface area contributed by atoms with Gasteiger partial charge in [-0.05, 0) is 31.1 Å². The first-order valence-corrected chi connectivity index (χ1v) is 6.64. The summed E-state index contributed by atoms with van der Waals surface area (Å²) in [6.45, 7) is 6.64. The largest absolute Gasteiger partial charge is 0.319 e. The van der Waals surface area contributed by atoms with Gasteiger partial charge in [0.05, 0.1) is 11.2 Å². The summed E-state index contributed by atoms with van der Waals surface area (Å²) in [6.07, 6.45) is 3.43. The molecule has 15 heavy (non-hydrogen) atoms. The van der Waals surface area contributed by atoms with E-state index in [4.69, 9.17) is 10.7 Å². The topological polar surface area (TPSA) is 38.9 Å². The predicted octanol–water partition coefficient (Wildman–Crippen LogP) is 3.24. The van der Waals surface area contributed by atoms with E-state index in [0.29, 0.717) is 5.92 Å². The number of nitrogens with two attached hydrogens (primary N) is 1. The number of rotatable bonds is 2. The molecule has 2 unspecified atom stereocenters. The van der Waals surface area contributed by atoms with Crippen molar-refractivity contribution in [3.05, 3.63) is 16.1 Å². The molecular weight excluding hydrogens is 204 g/mol. The van der Waals surface area contributed by atoms with Gasteiger partial charge in [-0.15, -0.1) is 11.3 Å². The Hall–Kier alpha value is -0.410. The van der Waals surface area contributed by atoms with Gasteiger partial charge in [0.25, 0.3) is 0 Å². The Kier molecular flexibility index (Phi) is 2.86. The average Bonchev–Trinajstić information content (AvgIpc) is 2.73. The minimum atomic E-state index is -0.128. The maximum Gasteiger partial charge on any atom is 0.113 e. The molecule has 3 heteroatoms. The van der Waals surface area contributed by atoms with E-state index in [2.05, 4.69) is 26.2 Å². The van der Waals surface area contributed by atoms with E-state index in [0.717, 1.165) is 23.8 Å². The molecule has 1 aromatic rings. The first-order valence-electron chi connectivity index (χ1n) is 5.76. The van der Waals surface area contributed by atoms with Gasteiger partial charge in [0, 0.05) is 5.38 Å². The summed E-state index contributed by atoms with van der Waals surface area (Å²) in [4.78, 5) is 4.69. The minimum absolute atomic E-state index is 0.128. The van der Waals surface area contributed by atoms with Gasteiger partial charge < -0.3 is 5.73 Å². The summed E-state index contributed by atoms with van der Waals surface area (Å²) in [5.41, 5.74) is 7.50. The van der Waals surface area contributed by atoms with Crippen LogP contribution in [-0.4, -0.2) is 4.98 Å². The van der Waals surface area contributed by atoms with Gasteiger partial charge in [-0.1, -0.05) is 20.8 Å². The van der Waals surface area contributed by atoms with Crippen molar-refractivity contribution in [3.63, 3.8) is 0 Å². The zero-order valence-electron chi connectivity index (χ0n) is 9.79. The molecule has 2 atom stereocenters. The van der Waals surface area contributed by atoms with E-state index in [9.17, 15) is 0 Å². The molecule has 84 valence electrons. The molecule has 0 amide bonds. The SMILES string of the molecule is CC1CCC(N)(c2nc(C(C)C)cs2)C1. The number of aromatic nitrogens is 1. The summed E-state index contributed by atoms with van der Waals surface area (Å²) in [7, 11) is 0. The molecule has 0 aliphatic heterocycles. The zero-order valence-corrected chi connectivity index (χ0v) is 10.6. The lowest BCUT2D eigenvalue weighted by molar-refractivity contribution is 0.437. The van der Waals surface area contributed by atoms with Crippen molar-refractivity contribution in [3.8, 4) is 0 Å². The van der Waals surface area contributed by atoms with Crippen molar-refractivity contribution in [2.24, 2.45) is 11.7 Å². The van der Waals surface area contributed by atoms with Crippen LogP contribution in [0.25, 0.3) is 0 Å². The van der Waals surface area contributed by atoms with Crippen LogP contribution in [0.3, 0.4) is 0 Å². The second kappa shape index (κ2) is 3.87. The van der Waals surface area contributed by atoms with Crippen LogP contribution in [0, 0.1) is 5.92 Å². The highest BCUT2D eigenvalue weighted by Gasteiger charge is 2.37. The van der Waals surface area contributed by atoms with Gasteiger partial charge in [-0.3, -0.25) is 0 Å². The molecule has 0 spiro atoms. The number of nitrogens with zero attached hydrogens (tertiary/aromatic N) is 1. The van der Waals surface area contributed by atoms with Crippen molar-refractivity contribution >= 4 is 11.3 Å². The van der Waals surface area contributed by atoms with Crippen LogP contribution in [0.2, 0.25) is 0 Å². The van der Waals surface area contributed by atoms with E-state index in [1.165, 1.54) is 12.1 Å². The van der Waals surface area contributed by atoms with Crippen LogP contribution in [0.5, 0.6) is 0 Å². The Balaban J connectivity index is 2.22. The lowest BCUT2D eigenvalue weighted by Crippen LogP contribution is -2.33. The monoisotopic (exact) mass is 224 g/mol. The molecule has 0 saturated heterocycles. The molecule has 2 N–H and O–H groups in total. The van der Waals surface area contributed by atoms with Crippen LogP contribution >= 0.6 is 11.3 Å². The lowest BCUT2D eigenvalue weighted by Gasteiger charge is -2.20. The second-order valence-corrected chi connectivity index (χ2v) is 6.09. The van der Waals surface area contributed by atoms with Crippen LogP contribution in [0.1, 0.15) is 56.7 Å². The molecule has 0 aromatic carbocycles. The fourth-order valence-electron chi connectivity index (χ4n) is 2.30. The Morgan fingerprint density at radius 3 is 2.80 bits per heavy atom. The van der Waals surface area contributed by atoms with Crippen molar-refractivity contribution in [1.82, 2.24) is 4.98 Å². The van der Waals surface area contributed by atoms with Crippen molar-refractivity contribution in [2.45, 2.75) is 51.5 Å². The van der Waals surface area contributed by atoms with Gasteiger partial charge in [0.2, 0.25) is 0 Å². The first-order chi connectivity index (χ1) is 7.01. The molecule has 1 fully saturated rings. The molecule has 2 rings (SSSR count). The maximum absolute atomic E-state index is 6.43. The van der Waals surface area contributed by atoms with Crippen molar-refractivity contribution < 1.29 is 0 Å². The van der Waals surface area contributed by atoms with E-state index in [1.807, 2.05) is 0 Å². The maximum atomic E-state index is 6.43. The molecular formula is C12H20N2S. The van der Waals surface area contributed by atoms with Crippen LogP contribution in [0.4, 0.5) is 0 Å². The minimum Gasteiger partial charge on any atom is -0.319 e. The smallest absolute Gasteiger partial charge is 0.113 e. The Bertz CT molecular complexity index is 345. The van der Waals surface area contributed by atoms with E-state index < -0.39 is 0 Å². The Morgan fingerprint density at radius 1 is 1.60 bits per heavy atom. The van der Waals surface area contributed by atoms with Gasteiger partial charge in [0.1, 0.15) is 5.01 Å². The van der Waals surface area contributed by atoms with Crippen molar-refractivity contribution in [1.29, 1.82) is 0 Å². The second-order valence-electron chi connectivity index (χ2n) is 5.24. The highest BCUT2D eigenvalue weighted by Crippen LogP contribution is 2.41. The first kappa shape index (κ1) is 11.1. The molecule has 1 aliphatic carbocycles. The van der Waals surface area contributed by atoms with Gasteiger partial charge in [-0.25, -0.2) is 4.98 Å². The van der Waals surface area contributed by atoms with Crippen LogP contribution in [0.15, 0.2) is 5.38 Å². The number of hydrogen-bond donors (Lipinski definition) is 1. The molecule has 0 bridgehead atoms. The van der Waals surface area contributed by atoms with E-state index in [1.54, 1.807) is 11.3 Å². The Morgan fingerprint density at radius 2 is 2.33 bits per heavy atom. The van der Waals surface area contributed by atoms with E-state index in [-0.39, 0.29) is 5.54 Å². The highest BCUT2D eigenvalue weighted by atomic mass is 32.1. The quantitative estimate of drug-likeness (QED) is 0.837. The van der Waals surface area contributed by atoms with Crippen LogP contribution in [-0.2, 0) is 5.54 Å². The lowest BCUT2D eigenvalue weighted by atomic mass is 9.98. The third-order valence-electron chi connectivity index (χ3n) is 3.34. The summed E-state index contributed by atoms with van der Waals surface area (Å²) >= 11 is 1.74. The van der Waals surface area contributed by atoms with Crippen LogP contribution < -0.4 is 5.73 Å². The highest BCUT2D eigenvalue weighted by molar-refractivity contribution is 7.09. The normalized spacial score (nSPS) is 31.4. The third kappa shape index (κ3) is 2.08. The molecule has 2 nitrogen and oxygen atoms in total. The molecule has 1 saturated carbocycles. The van der Waals surface area contributed by atoms with Gasteiger partial charge in [0.15, 0.2) is 0 Å².